The lowest BCUT2D eigenvalue weighted by molar-refractivity contribution is -0.132. The number of Topliss-reactive ketones (excluding diaryl/α,β-unsaturated/α-hetero) is 1. The van der Waals surface area contributed by atoms with Crippen molar-refractivity contribution in [3.05, 3.63) is 94.0 Å². The number of benzene rings is 3. The Kier molecular flexibility index (Phi) is 5.47. The second-order valence-corrected chi connectivity index (χ2v) is 9.34. The number of ketones is 1. The van der Waals surface area contributed by atoms with Crippen molar-refractivity contribution in [1.29, 1.82) is 0 Å². The average molecular weight is 521 g/mol. The second kappa shape index (κ2) is 8.46. The number of aliphatic hydroxyl groups is 1. The Balaban J connectivity index is 1.72. The Morgan fingerprint density at radius 2 is 1.79 bits per heavy atom. The molecule has 33 heavy (non-hydrogen) atoms. The zero-order chi connectivity index (χ0) is 23.1. The van der Waals surface area contributed by atoms with Crippen molar-refractivity contribution in [3.8, 4) is 5.75 Å². The van der Waals surface area contributed by atoms with Gasteiger partial charge in [0.05, 0.1) is 28.9 Å². The van der Waals surface area contributed by atoms with Crippen LogP contribution >= 0.6 is 27.3 Å². The molecule has 1 aliphatic rings. The Labute approximate surface area is 201 Å². The fourth-order valence-electron chi connectivity index (χ4n) is 3.86. The molecule has 1 atom stereocenters. The Morgan fingerprint density at radius 1 is 1.06 bits per heavy atom. The molecule has 0 saturated carbocycles. The van der Waals surface area contributed by atoms with Gasteiger partial charge in [0.25, 0.3) is 5.78 Å². The highest BCUT2D eigenvalue weighted by atomic mass is 79.9. The van der Waals surface area contributed by atoms with Crippen LogP contribution in [0.5, 0.6) is 5.75 Å². The lowest BCUT2D eigenvalue weighted by Crippen LogP contribution is -2.29. The SMILES string of the molecule is COc1ccc2nc(N3C(=O)C(=O)/C(=C(/O)c4ccccc4)[C@H]3c3ccc(Br)cc3)sc2c1. The number of methoxy groups -OCH3 is 1. The fourth-order valence-corrected chi connectivity index (χ4v) is 5.15. The number of amides is 1. The van der Waals surface area contributed by atoms with Crippen LogP contribution < -0.4 is 9.64 Å². The fraction of sp³-hybridized carbons (Fsp3) is 0.0800. The Bertz CT molecular complexity index is 1410. The number of aliphatic hydroxyl groups excluding tert-OH is 1. The number of anilines is 1. The molecule has 0 bridgehead atoms. The molecule has 1 amide bonds. The van der Waals surface area contributed by atoms with Crippen LogP contribution in [0.1, 0.15) is 17.2 Å². The van der Waals surface area contributed by atoms with Gasteiger partial charge in [0, 0.05) is 10.0 Å². The average Bonchev–Trinajstić information content (AvgIpc) is 3.37. The molecular formula is C25H17BrN2O4S. The number of nitrogens with zero attached hydrogens (tertiary/aromatic N) is 2. The third-order valence-corrected chi connectivity index (χ3v) is 7.01. The van der Waals surface area contributed by atoms with E-state index in [2.05, 4.69) is 20.9 Å². The van der Waals surface area contributed by atoms with E-state index in [1.54, 1.807) is 37.4 Å². The highest BCUT2D eigenvalue weighted by Gasteiger charge is 2.48. The summed E-state index contributed by atoms with van der Waals surface area (Å²) in [5, 5.41) is 11.5. The third-order valence-electron chi connectivity index (χ3n) is 5.47. The number of thiazole rings is 1. The number of rotatable bonds is 4. The number of ether oxygens (including phenoxy) is 1. The molecule has 1 saturated heterocycles. The van der Waals surface area contributed by atoms with Gasteiger partial charge in [-0.25, -0.2) is 4.98 Å². The lowest BCUT2D eigenvalue weighted by Gasteiger charge is -2.23. The molecule has 1 N–H and O–H groups in total. The van der Waals surface area contributed by atoms with Gasteiger partial charge < -0.3 is 9.84 Å². The van der Waals surface area contributed by atoms with Crippen molar-refractivity contribution < 1.29 is 19.4 Å². The molecule has 1 aromatic heterocycles. The monoisotopic (exact) mass is 520 g/mol. The summed E-state index contributed by atoms with van der Waals surface area (Å²) in [5.41, 5.74) is 1.87. The maximum atomic E-state index is 13.3. The van der Waals surface area contributed by atoms with Gasteiger partial charge in [-0.05, 0) is 35.9 Å². The van der Waals surface area contributed by atoms with Crippen molar-refractivity contribution in [2.75, 3.05) is 12.0 Å². The molecule has 5 rings (SSSR count). The maximum Gasteiger partial charge on any atom is 0.301 e. The maximum absolute atomic E-state index is 13.3. The summed E-state index contributed by atoms with van der Waals surface area (Å²) in [7, 11) is 1.58. The van der Waals surface area contributed by atoms with Crippen molar-refractivity contribution in [1.82, 2.24) is 4.98 Å². The smallest absolute Gasteiger partial charge is 0.301 e. The van der Waals surface area contributed by atoms with E-state index in [-0.39, 0.29) is 11.3 Å². The first-order valence-electron chi connectivity index (χ1n) is 10.0. The van der Waals surface area contributed by atoms with Crippen LogP contribution in [0.15, 0.2) is 82.8 Å². The molecule has 4 aromatic rings. The van der Waals surface area contributed by atoms with Gasteiger partial charge >= 0.3 is 5.91 Å². The molecule has 1 fully saturated rings. The molecule has 0 spiro atoms. The van der Waals surface area contributed by atoms with Crippen molar-refractivity contribution in [2.45, 2.75) is 6.04 Å². The zero-order valence-corrected chi connectivity index (χ0v) is 19.8. The van der Waals surface area contributed by atoms with E-state index >= 15 is 0 Å². The van der Waals surface area contributed by atoms with Crippen LogP contribution in [0.2, 0.25) is 0 Å². The van der Waals surface area contributed by atoms with Crippen LogP contribution in [0, 0.1) is 0 Å². The van der Waals surface area contributed by atoms with Crippen LogP contribution in [-0.4, -0.2) is 28.9 Å². The highest BCUT2D eigenvalue weighted by molar-refractivity contribution is 9.10. The van der Waals surface area contributed by atoms with E-state index in [9.17, 15) is 14.7 Å². The summed E-state index contributed by atoms with van der Waals surface area (Å²) in [4.78, 5) is 32.5. The summed E-state index contributed by atoms with van der Waals surface area (Å²) in [6.07, 6.45) is 0. The summed E-state index contributed by atoms with van der Waals surface area (Å²) in [5.74, 6) is -1.02. The highest BCUT2D eigenvalue weighted by Crippen LogP contribution is 2.44. The minimum Gasteiger partial charge on any atom is -0.507 e. The number of aromatic nitrogens is 1. The summed E-state index contributed by atoms with van der Waals surface area (Å²) >= 11 is 4.71. The van der Waals surface area contributed by atoms with E-state index in [1.807, 2.05) is 42.5 Å². The van der Waals surface area contributed by atoms with Gasteiger partial charge in [-0.1, -0.05) is 69.7 Å². The van der Waals surface area contributed by atoms with Gasteiger partial charge in [0.1, 0.15) is 11.5 Å². The molecule has 6 nitrogen and oxygen atoms in total. The summed E-state index contributed by atoms with van der Waals surface area (Å²) in [6.45, 7) is 0. The molecule has 1 aliphatic heterocycles. The quantitative estimate of drug-likeness (QED) is 0.212. The number of carbonyl (C=O) groups is 2. The minimum atomic E-state index is -0.819. The minimum absolute atomic E-state index is 0.0327. The van der Waals surface area contributed by atoms with Crippen molar-refractivity contribution in [2.24, 2.45) is 0 Å². The summed E-state index contributed by atoms with van der Waals surface area (Å²) < 4.78 is 6.98. The predicted octanol–water partition coefficient (Wildman–Crippen LogP) is 5.69. The van der Waals surface area contributed by atoms with Gasteiger partial charge in [0.2, 0.25) is 0 Å². The molecule has 2 heterocycles. The molecule has 0 radical (unpaired) electrons. The third kappa shape index (κ3) is 3.71. The zero-order valence-electron chi connectivity index (χ0n) is 17.4. The topological polar surface area (TPSA) is 79.7 Å². The van der Waals surface area contributed by atoms with E-state index in [4.69, 9.17) is 4.74 Å². The van der Waals surface area contributed by atoms with Crippen LogP contribution in [0.4, 0.5) is 5.13 Å². The first-order valence-corrected chi connectivity index (χ1v) is 11.7. The van der Waals surface area contributed by atoms with Gasteiger partial charge in [-0.2, -0.15) is 0 Å². The number of fused-ring (bicyclic) bond motifs is 1. The molecular weight excluding hydrogens is 504 g/mol. The molecule has 8 heteroatoms. The normalized spacial score (nSPS) is 17.6. The Morgan fingerprint density at radius 3 is 2.48 bits per heavy atom. The van der Waals surface area contributed by atoms with Gasteiger partial charge in [0.15, 0.2) is 5.13 Å². The van der Waals surface area contributed by atoms with E-state index in [0.29, 0.717) is 27.5 Å². The predicted molar refractivity (Wildman–Crippen MR) is 132 cm³/mol. The van der Waals surface area contributed by atoms with Crippen molar-refractivity contribution in [3.63, 3.8) is 0 Å². The second-order valence-electron chi connectivity index (χ2n) is 7.42. The first-order chi connectivity index (χ1) is 16.0. The Hall–Kier alpha value is -3.49. The number of halogens is 1. The number of hydrogen-bond donors (Lipinski definition) is 1. The van der Waals surface area contributed by atoms with E-state index in [0.717, 1.165) is 9.17 Å². The first kappa shape index (κ1) is 21.4. The number of carbonyl (C=O) groups excluding carboxylic acids is 2. The molecule has 164 valence electrons. The standard InChI is InChI=1S/C25H17BrN2O4S/c1-32-17-11-12-18-19(13-17)33-25(27-18)28-21(14-7-9-16(26)10-8-14)20(23(30)24(28)31)22(29)15-5-3-2-4-6-15/h2-13,21,29H,1H3/b22-20+/t21-/m1/s1. The largest absolute Gasteiger partial charge is 0.507 e. The van der Waals surface area contributed by atoms with Gasteiger partial charge in [-0.3, -0.25) is 14.5 Å². The summed E-state index contributed by atoms with van der Waals surface area (Å²) in [6, 6.07) is 20.7. The van der Waals surface area contributed by atoms with Gasteiger partial charge in [-0.15, -0.1) is 0 Å². The van der Waals surface area contributed by atoms with Crippen molar-refractivity contribution >= 4 is 60.1 Å². The lowest BCUT2D eigenvalue weighted by atomic mass is 9.95. The van der Waals surface area contributed by atoms with E-state index < -0.39 is 17.7 Å². The van der Waals surface area contributed by atoms with Crippen LogP contribution in [0.25, 0.3) is 16.0 Å². The molecule has 3 aromatic carbocycles. The van der Waals surface area contributed by atoms with E-state index in [1.165, 1.54) is 16.2 Å². The van der Waals surface area contributed by atoms with Crippen LogP contribution in [0.3, 0.4) is 0 Å². The number of hydrogen-bond acceptors (Lipinski definition) is 6. The van der Waals surface area contributed by atoms with Crippen LogP contribution in [-0.2, 0) is 9.59 Å². The molecule has 0 aliphatic carbocycles. The molecule has 0 unspecified atom stereocenters.